The predicted molar refractivity (Wildman–Crippen MR) is 116 cm³/mol. The summed E-state index contributed by atoms with van der Waals surface area (Å²) in [5.41, 5.74) is 2.33. The van der Waals surface area contributed by atoms with Crippen LogP contribution in [0.1, 0.15) is 25.7 Å². The summed E-state index contributed by atoms with van der Waals surface area (Å²) in [6, 6.07) is 20.8. The van der Waals surface area contributed by atoms with Gasteiger partial charge in [0.1, 0.15) is 0 Å². The van der Waals surface area contributed by atoms with Crippen LogP contribution in [0.3, 0.4) is 0 Å². The van der Waals surface area contributed by atoms with Gasteiger partial charge in [0.05, 0.1) is 38.3 Å². The molecular weight excluding hydrogens is 372 g/mol. The van der Waals surface area contributed by atoms with Crippen LogP contribution in [0.2, 0.25) is 0 Å². The summed E-state index contributed by atoms with van der Waals surface area (Å²) in [5, 5.41) is 9.29. The summed E-state index contributed by atoms with van der Waals surface area (Å²) in [6.45, 7) is 1.99. The third kappa shape index (κ3) is 4.82. The highest BCUT2D eigenvalue weighted by atomic mass is 15.4. The Hall–Kier alpha value is -3.28. The first-order valence-electron chi connectivity index (χ1n) is 10.7. The van der Waals surface area contributed by atoms with Gasteiger partial charge in [0.2, 0.25) is 12.7 Å². The molecule has 0 amide bonds. The van der Waals surface area contributed by atoms with E-state index in [9.17, 15) is 0 Å². The van der Waals surface area contributed by atoms with E-state index in [1.54, 1.807) is 0 Å². The second kappa shape index (κ2) is 9.48. The fraction of sp³-hybridized carbons (Fsp3) is 0.333. The Bertz CT molecular complexity index is 978. The lowest BCUT2D eigenvalue weighted by atomic mass is 10.1. The molecule has 2 heterocycles. The van der Waals surface area contributed by atoms with E-state index in [1.165, 1.54) is 24.0 Å². The smallest absolute Gasteiger partial charge is 0.230 e. The molecule has 0 saturated carbocycles. The molecule has 0 radical (unpaired) electrons. The maximum atomic E-state index is 4.64. The Labute approximate surface area is 178 Å². The van der Waals surface area contributed by atoms with Crippen LogP contribution in [-0.2, 0) is 27.2 Å². The van der Waals surface area contributed by atoms with E-state index >= 15 is 0 Å². The first-order valence-corrected chi connectivity index (χ1v) is 10.7. The van der Waals surface area contributed by atoms with Gasteiger partial charge >= 0.3 is 11.6 Å². The average Bonchev–Trinajstić information content (AvgIpc) is 3.33. The van der Waals surface area contributed by atoms with Crippen molar-refractivity contribution in [2.75, 3.05) is 0 Å². The molecule has 6 heteroatoms. The van der Waals surface area contributed by atoms with Gasteiger partial charge < -0.3 is 0 Å². The molecule has 0 spiro atoms. The van der Waals surface area contributed by atoms with Crippen LogP contribution < -0.4 is 9.13 Å². The van der Waals surface area contributed by atoms with Gasteiger partial charge in [0.15, 0.2) is 0 Å². The molecule has 4 rings (SSSR count). The molecule has 0 aliphatic rings. The highest BCUT2D eigenvalue weighted by Gasteiger charge is 2.17. The van der Waals surface area contributed by atoms with E-state index in [0.717, 1.165) is 37.6 Å². The maximum absolute atomic E-state index is 4.64. The van der Waals surface area contributed by atoms with Gasteiger partial charge in [-0.15, -0.1) is 9.36 Å². The molecule has 30 heavy (non-hydrogen) atoms. The van der Waals surface area contributed by atoms with Crippen molar-refractivity contribution in [1.82, 2.24) is 19.6 Å². The van der Waals surface area contributed by atoms with Crippen molar-refractivity contribution in [3.05, 3.63) is 73.3 Å². The molecule has 0 atom stereocenters. The highest BCUT2D eigenvalue weighted by Crippen LogP contribution is 2.13. The number of nitrogens with zero attached hydrogens (tertiary/aromatic N) is 6. The average molecular weight is 403 g/mol. The third-order valence-corrected chi connectivity index (χ3v) is 5.27. The van der Waals surface area contributed by atoms with Crippen molar-refractivity contribution in [2.24, 2.45) is 14.1 Å². The van der Waals surface area contributed by atoms with Crippen LogP contribution in [-0.4, -0.2) is 19.6 Å². The fourth-order valence-electron chi connectivity index (χ4n) is 3.84. The van der Waals surface area contributed by atoms with Gasteiger partial charge in [0, 0.05) is 10.2 Å². The second-order valence-electron chi connectivity index (χ2n) is 7.76. The van der Waals surface area contributed by atoms with E-state index in [2.05, 4.69) is 80.5 Å². The zero-order valence-corrected chi connectivity index (χ0v) is 17.9. The largest absolute Gasteiger partial charge is 0.308 e. The van der Waals surface area contributed by atoms with Gasteiger partial charge in [-0.2, -0.15) is 0 Å². The van der Waals surface area contributed by atoms with E-state index in [0.29, 0.717) is 0 Å². The number of hydrogen-bond donors (Lipinski definition) is 0. The topological polar surface area (TPSA) is 43.4 Å². The van der Waals surface area contributed by atoms with E-state index in [-0.39, 0.29) is 0 Å². The highest BCUT2D eigenvalue weighted by molar-refractivity contribution is 5.51. The van der Waals surface area contributed by atoms with Crippen molar-refractivity contribution in [2.45, 2.75) is 38.8 Å². The summed E-state index contributed by atoms with van der Waals surface area (Å²) in [5.74, 6) is 2.08. The number of unbranched alkanes of at least 4 members (excludes halogenated alkanes) is 3. The Balaban J connectivity index is 1.28. The molecule has 0 N–H and O–H groups in total. The summed E-state index contributed by atoms with van der Waals surface area (Å²) in [7, 11) is 3.97. The van der Waals surface area contributed by atoms with Crippen molar-refractivity contribution in [3.63, 3.8) is 0 Å². The van der Waals surface area contributed by atoms with Crippen LogP contribution in [0.25, 0.3) is 22.8 Å². The lowest BCUT2D eigenvalue weighted by Gasteiger charge is -2.03. The van der Waals surface area contributed by atoms with E-state index < -0.39 is 0 Å². The van der Waals surface area contributed by atoms with Crippen LogP contribution in [0.15, 0.2) is 73.3 Å². The summed E-state index contributed by atoms with van der Waals surface area (Å²) in [6.07, 6.45) is 8.88. The van der Waals surface area contributed by atoms with Crippen molar-refractivity contribution in [1.29, 1.82) is 0 Å². The SMILES string of the molecule is Cn1c[n+](CCCCCC[n+]2cn(C)nc2-c2ccccc2)c(-c2ccccc2)n1. The van der Waals surface area contributed by atoms with Crippen LogP contribution in [0.5, 0.6) is 0 Å². The third-order valence-electron chi connectivity index (χ3n) is 5.27. The fourth-order valence-corrected chi connectivity index (χ4v) is 3.84. The Morgan fingerprint density at radius 1 is 0.600 bits per heavy atom. The standard InChI is InChI=1S/C24H30N6/c1-27-19-29(23(25-27)21-13-7-5-8-14-21)17-11-3-4-12-18-30-20-28(2)26-24(30)22-15-9-6-10-16-22/h5-10,13-16,19-20H,3-4,11-12,17-18H2,1-2H3/q+2. The minimum Gasteiger partial charge on any atom is -0.230 e. The molecule has 0 saturated heterocycles. The maximum Gasteiger partial charge on any atom is 0.308 e. The molecule has 2 aromatic carbocycles. The molecular formula is C24H30N6+2. The number of aryl methyl sites for hydroxylation is 4. The molecule has 0 bridgehead atoms. The molecule has 0 unspecified atom stereocenters. The number of benzene rings is 2. The van der Waals surface area contributed by atoms with Gasteiger partial charge in [-0.3, -0.25) is 0 Å². The van der Waals surface area contributed by atoms with Gasteiger partial charge in [0.25, 0.3) is 0 Å². The van der Waals surface area contributed by atoms with Gasteiger partial charge in [-0.25, -0.2) is 9.13 Å². The first kappa shape index (κ1) is 20.0. The zero-order valence-electron chi connectivity index (χ0n) is 17.9. The molecule has 2 aromatic heterocycles. The number of rotatable bonds is 9. The lowest BCUT2D eigenvalue weighted by Crippen LogP contribution is -2.34. The molecule has 0 aliphatic heterocycles. The Kier molecular flexibility index (Phi) is 6.32. The van der Waals surface area contributed by atoms with Gasteiger partial charge in [-0.1, -0.05) is 49.2 Å². The monoisotopic (exact) mass is 402 g/mol. The van der Waals surface area contributed by atoms with Crippen LogP contribution in [0.4, 0.5) is 0 Å². The van der Waals surface area contributed by atoms with Crippen LogP contribution in [0, 0.1) is 0 Å². The van der Waals surface area contributed by atoms with Crippen LogP contribution >= 0.6 is 0 Å². The minimum absolute atomic E-state index is 0.993. The molecule has 4 aromatic rings. The number of hydrogen-bond acceptors (Lipinski definition) is 2. The van der Waals surface area contributed by atoms with Crippen molar-refractivity contribution < 1.29 is 9.13 Å². The second-order valence-corrected chi connectivity index (χ2v) is 7.76. The molecule has 0 fully saturated rings. The summed E-state index contributed by atoms with van der Waals surface area (Å²) < 4.78 is 8.32. The zero-order chi connectivity index (χ0) is 20.8. The van der Waals surface area contributed by atoms with Crippen molar-refractivity contribution >= 4 is 0 Å². The molecule has 6 nitrogen and oxygen atoms in total. The minimum atomic E-state index is 0.993. The van der Waals surface area contributed by atoms with Gasteiger partial charge in [-0.05, 0) is 37.1 Å². The Morgan fingerprint density at radius 2 is 1.00 bits per heavy atom. The quantitative estimate of drug-likeness (QED) is 0.318. The molecule has 0 aliphatic carbocycles. The first-order chi connectivity index (χ1) is 14.7. The summed E-state index contributed by atoms with van der Waals surface area (Å²) in [4.78, 5) is 0. The Morgan fingerprint density at radius 3 is 1.40 bits per heavy atom. The lowest BCUT2D eigenvalue weighted by molar-refractivity contribution is -0.689. The van der Waals surface area contributed by atoms with E-state index in [1.807, 2.05) is 35.6 Å². The number of aromatic nitrogens is 6. The normalized spacial score (nSPS) is 11.1. The predicted octanol–water partition coefficient (Wildman–Crippen LogP) is 3.32. The molecule has 154 valence electrons. The van der Waals surface area contributed by atoms with Crippen molar-refractivity contribution in [3.8, 4) is 22.8 Å². The van der Waals surface area contributed by atoms with E-state index in [4.69, 9.17) is 0 Å². The summed E-state index contributed by atoms with van der Waals surface area (Å²) >= 11 is 0.